The molecule has 11 nitrogen and oxygen atoms in total. The Morgan fingerprint density at radius 2 is 1.79 bits per heavy atom. The van der Waals surface area contributed by atoms with Crippen LogP contribution in [0.2, 0.25) is 0 Å². The fourth-order valence-corrected chi connectivity index (χ4v) is 3.45. The first-order valence-corrected chi connectivity index (χ1v) is 10.6. The van der Waals surface area contributed by atoms with Crippen LogP contribution in [-0.2, 0) is 19.1 Å². The average Bonchev–Trinajstić information content (AvgIpc) is 2.79. The number of nitrogens with one attached hydrogen (secondary N) is 2. The molecule has 0 saturated carbocycles. The maximum atomic E-state index is 12.9. The average molecular weight is 468 g/mol. The number of carbonyl (C=O) groups excluding carboxylic acids is 4. The highest BCUT2D eigenvalue weighted by Gasteiger charge is 2.28. The number of ether oxygens (including phenoxy) is 1. The summed E-state index contributed by atoms with van der Waals surface area (Å²) in [6, 6.07) is 10.7. The molecule has 0 aromatic heterocycles. The molecular weight excluding hydrogens is 444 g/mol. The molecule has 1 aliphatic heterocycles. The number of hydrogen-bond donors (Lipinski definition) is 2. The minimum Gasteiger partial charge on any atom is -0.463 e. The molecule has 0 spiro atoms. The number of para-hydroxylation sites is 1. The van der Waals surface area contributed by atoms with Gasteiger partial charge in [0.2, 0.25) is 11.8 Å². The number of benzene rings is 2. The SMILES string of the molecule is CC(C)OC(=O)CC(NC(=O)c1ccc(N2NC(=O)CCC2=O)cc1)c1ccccc1[N+](=O)[O-]. The van der Waals surface area contributed by atoms with Crippen LogP contribution in [0.5, 0.6) is 0 Å². The lowest BCUT2D eigenvalue weighted by Crippen LogP contribution is -2.50. The van der Waals surface area contributed by atoms with Gasteiger partial charge in [0, 0.05) is 24.5 Å². The van der Waals surface area contributed by atoms with Crippen LogP contribution in [0, 0.1) is 10.1 Å². The van der Waals surface area contributed by atoms with Gasteiger partial charge in [0.25, 0.3) is 11.6 Å². The molecule has 2 aromatic rings. The Morgan fingerprint density at radius 1 is 1.12 bits per heavy atom. The fourth-order valence-electron chi connectivity index (χ4n) is 3.45. The highest BCUT2D eigenvalue weighted by Crippen LogP contribution is 2.28. The van der Waals surface area contributed by atoms with Crippen LogP contribution >= 0.6 is 0 Å². The Hall–Kier alpha value is -4.28. The van der Waals surface area contributed by atoms with Gasteiger partial charge in [0.15, 0.2) is 0 Å². The van der Waals surface area contributed by atoms with Gasteiger partial charge in [-0.1, -0.05) is 18.2 Å². The number of nitro groups is 1. The fraction of sp³-hybridized carbons (Fsp3) is 0.304. The summed E-state index contributed by atoms with van der Waals surface area (Å²) in [5.74, 6) is -1.77. The molecule has 3 rings (SSSR count). The maximum Gasteiger partial charge on any atom is 0.308 e. The number of carbonyl (C=O) groups is 4. The predicted octanol–water partition coefficient (Wildman–Crippen LogP) is 2.57. The van der Waals surface area contributed by atoms with Crippen molar-refractivity contribution < 1.29 is 28.8 Å². The van der Waals surface area contributed by atoms with E-state index in [2.05, 4.69) is 10.7 Å². The van der Waals surface area contributed by atoms with E-state index in [0.717, 1.165) is 5.01 Å². The lowest BCUT2D eigenvalue weighted by atomic mass is 10.0. The molecule has 0 bridgehead atoms. The van der Waals surface area contributed by atoms with Gasteiger partial charge >= 0.3 is 5.97 Å². The molecule has 2 aromatic carbocycles. The van der Waals surface area contributed by atoms with Gasteiger partial charge in [-0.2, -0.15) is 0 Å². The number of amides is 3. The molecule has 11 heteroatoms. The molecule has 2 N–H and O–H groups in total. The summed E-state index contributed by atoms with van der Waals surface area (Å²) >= 11 is 0. The minimum atomic E-state index is -1.01. The second kappa shape index (κ2) is 10.6. The van der Waals surface area contributed by atoms with Crippen molar-refractivity contribution in [3.63, 3.8) is 0 Å². The Kier molecular flexibility index (Phi) is 7.57. The number of rotatable bonds is 8. The van der Waals surface area contributed by atoms with Gasteiger partial charge in [-0.25, -0.2) is 5.01 Å². The molecule has 0 radical (unpaired) electrons. The summed E-state index contributed by atoms with van der Waals surface area (Å²) in [6.45, 7) is 3.35. The lowest BCUT2D eigenvalue weighted by Gasteiger charge is -2.27. The third-order valence-electron chi connectivity index (χ3n) is 4.99. The Morgan fingerprint density at radius 3 is 2.44 bits per heavy atom. The predicted molar refractivity (Wildman–Crippen MR) is 120 cm³/mol. The molecule has 34 heavy (non-hydrogen) atoms. The van der Waals surface area contributed by atoms with E-state index in [1.54, 1.807) is 19.9 Å². The smallest absolute Gasteiger partial charge is 0.308 e. The molecule has 1 fully saturated rings. The maximum absolute atomic E-state index is 12.9. The Bertz CT molecular complexity index is 1110. The Balaban J connectivity index is 1.82. The van der Waals surface area contributed by atoms with E-state index >= 15 is 0 Å². The zero-order chi connectivity index (χ0) is 24.8. The van der Waals surface area contributed by atoms with Crippen molar-refractivity contribution in [2.75, 3.05) is 5.01 Å². The summed E-state index contributed by atoms with van der Waals surface area (Å²) in [5.41, 5.74) is 2.97. The highest BCUT2D eigenvalue weighted by molar-refractivity contribution is 6.01. The van der Waals surface area contributed by atoms with Crippen molar-refractivity contribution in [1.82, 2.24) is 10.7 Å². The van der Waals surface area contributed by atoms with Crippen molar-refractivity contribution in [2.24, 2.45) is 0 Å². The minimum absolute atomic E-state index is 0.0814. The van der Waals surface area contributed by atoms with Crippen molar-refractivity contribution in [3.05, 3.63) is 69.8 Å². The van der Waals surface area contributed by atoms with E-state index < -0.39 is 22.8 Å². The molecular formula is C23H24N4O7. The first-order chi connectivity index (χ1) is 16.2. The second-order valence-corrected chi connectivity index (χ2v) is 7.90. The van der Waals surface area contributed by atoms with Crippen LogP contribution in [-0.4, -0.2) is 34.7 Å². The topological polar surface area (TPSA) is 148 Å². The van der Waals surface area contributed by atoms with Gasteiger partial charge in [0.05, 0.1) is 34.7 Å². The van der Waals surface area contributed by atoms with Gasteiger partial charge in [0.1, 0.15) is 0 Å². The van der Waals surface area contributed by atoms with Crippen molar-refractivity contribution in [2.45, 2.75) is 45.3 Å². The number of esters is 1. The highest BCUT2D eigenvalue weighted by atomic mass is 16.6. The van der Waals surface area contributed by atoms with E-state index in [9.17, 15) is 29.3 Å². The third kappa shape index (κ3) is 5.94. The molecule has 1 unspecified atom stereocenters. The summed E-state index contributed by atoms with van der Waals surface area (Å²) in [7, 11) is 0. The number of nitrogens with zero attached hydrogens (tertiary/aromatic N) is 2. The zero-order valence-electron chi connectivity index (χ0n) is 18.6. The first-order valence-electron chi connectivity index (χ1n) is 10.6. The quantitative estimate of drug-likeness (QED) is 0.344. The number of hydrazine groups is 1. The summed E-state index contributed by atoms with van der Waals surface area (Å²) in [4.78, 5) is 59.8. The van der Waals surface area contributed by atoms with Gasteiger partial charge in [-0.15, -0.1) is 0 Å². The molecule has 1 saturated heterocycles. The monoisotopic (exact) mass is 468 g/mol. The normalized spacial score (nSPS) is 14.4. The van der Waals surface area contributed by atoms with Gasteiger partial charge in [-0.3, -0.25) is 34.7 Å². The van der Waals surface area contributed by atoms with E-state index in [4.69, 9.17) is 4.74 Å². The molecule has 3 amide bonds. The molecule has 1 aliphatic rings. The van der Waals surface area contributed by atoms with E-state index in [1.165, 1.54) is 42.5 Å². The van der Waals surface area contributed by atoms with Crippen molar-refractivity contribution in [3.8, 4) is 0 Å². The van der Waals surface area contributed by atoms with Crippen LogP contribution in [0.3, 0.4) is 0 Å². The van der Waals surface area contributed by atoms with Crippen LogP contribution in [0.25, 0.3) is 0 Å². The van der Waals surface area contributed by atoms with Crippen molar-refractivity contribution >= 4 is 35.1 Å². The summed E-state index contributed by atoms with van der Waals surface area (Å²) < 4.78 is 5.16. The summed E-state index contributed by atoms with van der Waals surface area (Å²) in [5, 5.41) is 15.3. The zero-order valence-corrected chi connectivity index (χ0v) is 18.6. The van der Waals surface area contributed by atoms with E-state index in [1.807, 2.05) is 0 Å². The standard InChI is InChI=1S/C23H24N4O7/c1-14(2)34-22(30)13-18(17-5-3-4-6-19(17)27(32)33)24-23(31)15-7-9-16(10-8-15)26-21(29)12-11-20(28)25-26/h3-10,14,18H,11-13H2,1-2H3,(H,24,31)(H,25,28). The molecule has 178 valence electrons. The van der Waals surface area contributed by atoms with Crippen LogP contribution in [0.15, 0.2) is 48.5 Å². The molecule has 0 aliphatic carbocycles. The molecule has 1 atom stereocenters. The van der Waals surface area contributed by atoms with Crippen molar-refractivity contribution in [1.29, 1.82) is 0 Å². The first kappa shape index (κ1) is 24.4. The van der Waals surface area contributed by atoms with Gasteiger partial charge in [-0.05, 0) is 38.1 Å². The second-order valence-electron chi connectivity index (χ2n) is 7.90. The largest absolute Gasteiger partial charge is 0.463 e. The number of nitro benzene ring substituents is 1. The van der Waals surface area contributed by atoms with Crippen LogP contribution in [0.1, 0.15) is 55.1 Å². The van der Waals surface area contributed by atoms with Crippen LogP contribution < -0.4 is 15.8 Å². The van der Waals surface area contributed by atoms with Crippen LogP contribution in [0.4, 0.5) is 11.4 Å². The third-order valence-corrected chi connectivity index (χ3v) is 4.99. The van der Waals surface area contributed by atoms with E-state index in [0.29, 0.717) is 5.69 Å². The molecule has 1 heterocycles. The summed E-state index contributed by atoms with van der Waals surface area (Å²) in [6.07, 6.45) is -0.499. The lowest BCUT2D eigenvalue weighted by molar-refractivity contribution is -0.385. The van der Waals surface area contributed by atoms with Gasteiger partial charge < -0.3 is 10.1 Å². The number of hydrogen-bond acceptors (Lipinski definition) is 7. The Labute approximate surface area is 195 Å². The van der Waals surface area contributed by atoms with E-state index in [-0.39, 0.29) is 54.0 Å². The number of anilines is 1.